The molecule has 0 aliphatic heterocycles. The van der Waals surface area contributed by atoms with Crippen molar-refractivity contribution in [1.29, 1.82) is 0 Å². The van der Waals surface area contributed by atoms with Crippen molar-refractivity contribution in [2.75, 3.05) is 11.9 Å². The Hall–Kier alpha value is -3.08. The Kier molecular flexibility index (Phi) is 5.14. The number of carbonyl (C=O) groups excluding carboxylic acids is 2. The minimum Gasteiger partial charge on any atom is -0.457 e. The highest BCUT2D eigenvalue weighted by molar-refractivity contribution is 5.99. The highest BCUT2D eigenvalue weighted by Gasteiger charge is 2.47. The molecule has 0 saturated heterocycles. The summed E-state index contributed by atoms with van der Waals surface area (Å²) in [5, 5.41) is 5.56. The third-order valence-electron chi connectivity index (χ3n) is 3.99. The lowest BCUT2D eigenvalue weighted by Gasteiger charge is -2.08. The fourth-order valence-electron chi connectivity index (χ4n) is 2.54. The van der Waals surface area contributed by atoms with Gasteiger partial charge >= 0.3 is 0 Å². The van der Waals surface area contributed by atoms with Gasteiger partial charge in [0, 0.05) is 12.2 Å². The molecule has 1 aliphatic carbocycles. The maximum absolute atomic E-state index is 12.2. The van der Waals surface area contributed by atoms with Gasteiger partial charge in [-0.2, -0.15) is 0 Å². The van der Waals surface area contributed by atoms with E-state index >= 15 is 0 Å². The predicted octanol–water partition coefficient (Wildman–Crippen LogP) is 3.36. The number of benzene rings is 2. The Morgan fingerprint density at radius 1 is 1.00 bits per heavy atom. The second-order valence-electron chi connectivity index (χ2n) is 5.91. The van der Waals surface area contributed by atoms with Crippen LogP contribution in [0.1, 0.15) is 6.42 Å². The van der Waals surface area contributed by atoms with Crippen molar-refractivity contribution in [3.63, 3.8) is 0 Å². The van der Waals surface area contributed by atoms with Crippen LogP contribution in [0.3, 0.4) is 0 Å². The molecule has 2 aromatic carbocycles. The van der Waals surface area contributed by atoms with Crippen LogP contribution in [0.25, 0.3) is 0 Å². The number of carbonyl (C=O) groups is 2. The van der Waals surface area contributed by atoms with E-state index in [0.717, 1.165) is 5.75 Å². The van der Waals surface area contributed by atoms with Crippen LogP contribution < -0.4 is 15.4 Å². The van der Waals surface area contributed by atoms with E-state index in [-0.39, 0.29) is 23.7 Å². The van der Waals surface area contributed by atoms with E-state index < -0.39 is 0 Å². The zero-order chi connectivity index (χ0) is 17.6. The van der Waals surface area contributed by atoms with Gasteiger partial charge in [-0.3, -0.25) is 9.59 Å². The van der Waals surface area contributed by atoms with Gasteiger partial charge in [-0.1, -0.05) is 24.3 Å². The van der Waals surface area contributed by atoms with Gasteiger partial charge in [0.15, 0.2) is 0 Å². The Morgan fingerprint density at radius 2 is 1.64 bits per heavy atom. The molecule has 2 N–H and O–H groups in total. The SMILES string of the molecule is C=CCNC(=O)C1CC1C(=O)Nc1ccc(Oc2ccccc2)cc1. The lowest BCUT2D eigenvalue weighted by atomic mass is 10.2. The third kappa shape index (κ3) is 4.47. The summed E-state index contributed by atoms with van der Waals surface area (Å²) in [5.41, 5.74) is 0.683. The van der Waals surface area contributed by atoms with E-state index in [1.54, 1.807) is 30.3 Å². The summed E-state index contributed by atoms with van der Waals surface area (Å²) in [6.07, 6.45) is 2.21. The number of hydrogen-bond donors (Lipinski definition) is 2. The molecule has 0 bridgehead atoms. The number of nitrogens with one attached hydrogen (secondary N) is 2. The first-order valence-corrected chi connectivity index (χ1v) is 8.20. The Morgan fingerprint density at radius 3 is 2.32 bits per heavy atom. The number of ether oxygens (including phenoxy) is 1. The van der Waals surface area contributed by atoms with E-state index in [0.29, 0.717) is 24.4 Å². The number of anilines is 1. The highest BCUT2D eigenvalue weighted by Crippen LogP contribution is 2.39. The molecule has 1 saturated carbocycles. The molecule has 5 nitrogen and oxygen atoms in total. The predicted molar refractivity (Wildman–Crippen MR) is 96.4 cm³/mol. The van der Waals surface area contributed by atoms with Gasteiger partial charge in [-0.25, -0.2) is 0 Å². The zero-order valence-electron chi connectivity index (χ0n) is 13.8. The summed E-state index contributed by atoms with van der Waals surface area (Å²) in [6, 6.07) is 16.6. The molecule has 128 valence electrons. The van der Waals surface area contributed by atoms with Gasteiger partial charge in [0.25, 0.3) is 0 Å². The minimum absolute atomic E-state index is 0.0911. The van der Waals surface area contributed by atoms with Gasteiger partial charge in [-0.15, -0.1) is 6.58 Å². The average Bonchev–Trinajstić information content (AvgIpc) is 3.43. The van der Waals surface area contributed by atoms with Crippen LogP contribution in [0.15, 0.2) is 67.3 Å². The fourth-order valence-corrected chi connectivity index (χ4v) is 2.54. The van der Waals surface area contributed by atoms with Crippen molar-refractivity contribution in [3.8, 4) is 11.5 Å². The van der Waals surface area contributed by atoms with E-state index in [1.807, 2.05) is 30.3 Å². The zero-order valence-corrected chi connectivity index (χ0v) is 13.8. The van der Waals surface area contributed by atoms with Gasteiger partial charge in [0.1, 0.15) is 11.5 Å². The van der Waals surface area contributed by atoms with Gasteiger partial charge in [0.05, 0.1) is 11.8 Å². The summed E-state index contributed by atoms with van der Waals surface area (Å²) < 4.78 is 5.71. The molecule has 2 aromatic rings. The van der Waals surface area contributed by atoms with Crippen LogP contribution in [0.2, 0.25) is 0 Å². The van der Waals surface area contributed by atoms with Gasteiger partial charge < -0.3 is 15.4 Å². The molecule has 2 atom stereocenters. The first-order valence-electron chi connectivity index (χ1n) is 8.20. The molecule has 25 heavy (non-hydrogen) atoms. The molecular formula is C20H20N2O3. The summed E-state index contributed by atoms with van der Waals surface area (Å²) in [6.45, 7) is 3.97. The largest absolute Gasteiger partial charge is 0.457 e. The molecule has 2 unspecified atom stereocenters. The van der Waals surface area contributed by atoms with Crippen LogP contribution >= 0.6 is 0 Å². The van der Waals surface area contributed by atoms with Gasteiger partial charge in [-0.05, 0) is 42.8 Å². The van der Waals surface area contributed by atoms with E-state index in [4.69, 9.17) is 4.74 Å². The molecule has 0 spiro atoms. The molecule has 5 heteroatoms. The third-order valence-corrected chi connectivity index (χ3v) is 3.99. The van der Waals surface area contributed by atoms with Crippen molar-refractivity contribution in [2.45, 2.75) is 6.42 Å². The monoisotopic (exact) mass is 336 g/mol. The molecule has 3 rings (SSSR count). The normalized spacial score (nSPS) is 18.1. The summed E-state index contributed by atoms with van der Waals surface area (Å²) in [7, 11) is 0. The van der Waals surface area contributed by atoms with Crippen LogP contribution in [0, 0.1) is 11.8 Å². The molecular weight excluding hydrogens is 316 g/mol. The number of para-hydroxylation sites is 1. The van der Waals surface area contributed by atoms with E-state index in [9.17, 15) is 9.59 Å². The lowest BCUT2D eigenvalue weighted by Crippen LogP contribution is -2.27. The topological polar surface area (TPSA) is 67.4 Å². The Bertz CT molecular complexity index is 756. The second kappa shape index (κ2) is 7.66. The lowest BCUT2D eigenvalue weighted by molar-refractivity contribution is -0.125. The number of rotatable bonds is 7. The molecule has 0 radical (unpaired) electrons. The molecule has 0 aromatic heterocycles. The van der Waals surface area contributed by atoms with Crippen molar-refractivity contribution in [3.05, 3.63) is 67.3 Å². The van der Waals surface area contributed by atoms with E-state index in [1.165, 1.54) is 0 Å². The van der Waals surface area contributed by atoms with Crippen LogP contribution in [0.5, 0.6) is 11.5 Å². The molecule has 2 amide bonds. The Labute approximate surface area is 146 Å². The Balaban J connectivity index is 1.51. The van der Waals surface area contributed by atoms with Crippen LogP contribution in [0.4, 0.5) is 5.69 Å². The molecule has 1 fully saturated rings. The quantitative estimate of drug-likeness (QED) is 0.762. The summed E-state index contributed by atoms with van der Waals surface area (Å²) >= 11 is 0. The average molecular weight is 336 g/mol. The van der Waals surface area contributed by atoms with Crippen molar-refractivity contribution < 1.29 is 14.3 Å². The van der Waals surface area contributed by atoms with Crippen LogP contribution in [-0.4, -0.2) is 18.4 Å². The number of amides is 2. The fraction of sp³-hybridized carbons (Fsp3) is 0.200. The summed E-state index contributed by atoms with van der Waals surface area (Å²) in [4.78, 5) is 24.0. The minimum atomic E-state index is -0.259. The van der Waals surface area contributed by atoms with Gasteiger partial charge in [0.2, 0.25) is 11.8 Å². The maximum atomic E-state index is 12.2. The second-order valence-corrected chi connectivity index (χ2v) is 5.91. The highest BCUT2D eigenvalue weighted by atomic mass is 16.5. The summed E-state index contributed by atoms with van der Waals surface area (Å²) in [5.74, 6) is 0.732. The molecule has 1 aliphatic rings. The van der Waals surface area contributed by atoms with Crippen molar-refractivity contribution in [2.24, 2.45) is 11.8 Å². The first-order chi connectivity index (χ1) is 12.2. The molecule has 0 heterocycles. The van der Waals surface area contributed by atoms with Crippen molar-refractivity contribution in [1.82, 2.24) is 5.32 Å². The standard InChI is InChI=1S/C20H20N2O3/c1-2-12-21-19(23)17-13-18(17)20(24)22-14-8-10-16(11-9-14)25-15-6-4-3-5-7-15/h2-11,17-18H,1,12-13H2,(H,21,23)(H,22,24). The smallest absolute Gasteiger partial charge is 0.228 e. The number of hydrogen-bond acceptors (Lipinski definition) is 3. The van der Waals surface area contributed by atoms with E-state index in [2.05, 4.69) is 17.2 Å². The maximum Gasteiger partial charge on any atom is 0.228 e. The first kappa shape index (κ1) is 16.8. The van der Waals surface area contributed by atoms with Crippen molar-refractivity contribution >= 4 is 17.5 Å². The van der Waals surface area contributed by atoms with Crippen LogP contribution in [-0.2, 0) is 9.59 Å².